The molecule has 0 aliphatic carbocycles. The SMILES string of the molecule is ClP1(Cl)(Cl)Oc2ccc(cc2)O1. The molecule has 2 aliphatic heterocycles. The Morgan fingerprint density at radius 1 is 0.833 bits per heavy atom. The summed E-state index contributed by atoms with van der Waals surface area (Å²) in [5, 5.41) is -3.95. The Kier molecular flexibility index (Phi) is 1.69. The van der Waals surface area contributed by atoms with E-state index in [1.807, 2.05) is 0 Å². The van der Waals surface area contributed by atoms with Gasteiger partial charge in [-0.1, -0.05) is 0 Å². The molecule has 0 saturated heterocycles. The molecule has 66 valence electrons. The molecule has 6 heteroatoms. The number of hydrogen-bond donors (Lipinski definition) is 0. The van der Waals surface area contributed by atoms with E-state index in [9.17, 15) is 0 Å². The normalized spacial score (nSPS) is 25.8. The summed E-state index contributed by atoms with van der Waals surface area (Å²) < 4.78 is 10.2. The van der Waals surface area contributed by atoms with Gasteiger partial charge >= 0.3 is 83.6 Å². The van der Waals surface area contributed by atoms with Crippen LogP contribution in [-0.4, -0.2) is 0 Å². The topological polar surface area (TPSA) is 18.5 Å². The van der Waals surface area contributed by atoms with Crippen molar-refractivity contribution >= 4 is 38.8 Å². The van der Waals surface area contributed by atoms with E-state index in [1.165, 1.54) is 0 Å². The van der Waals surface area contributed by atoms with Gasteiger partial charge in [0.2, 0.25) is 0 Å². The first-order valence-corrected chi connectivity index (χ1v) is 7.89. The van der Waals surface area contributed by atoms with Gasteiger partial charge in [0.25, 0.3) is 0 Å². The van der Waals surface area contributed by atoms with Crippen LogP contribution < -0.4 is 9.05 Å². The summed E-state index contributed by atoms with van der Waals surface area (Å²) in [6, 6.07) is 6.77. The Morgan fingerprint density at radius 2 is 1.17 bits per heavy atom. The Balaban J connectivity index is 2.52. The number of hydrogen-bond acceptors (Lipinski definition) is 2. The van der Waals surface area contributed by atoms with Gasteiger partial charge in [-0.15, -0.1) is 0 Å². The molecule has 3 rings (SSSR count). The van der Waals surface area contributed by atoms with Crippen molar-refractivity contribution in [1.82, 2.24) is 0 Å². The van der Waals surface area contributed by atoms with Crippen LogP contribution in [0, 0.1) is 0 Å². The summed E-state index contributed by atoms with van der Waals surface area (Å²) >= 11 is 17.3. The number of fused-ring (bicyclic) bond motifs is 4. The summed E-state index contributed by atoms with van der Waals surface area (Å²) in [6.45, 7) is 0. The summed E-state index contributed by atoms with van der Waals surface area (Å²) in [5.41, 5.74) is 0. The maximum atomic E-state index is 5.76. The van der Waals surface area contributed by atoms with Gasteiger partial charge in [0.15, 0.2) is 0 Å². The van der Waals surface area contributed by atoms with E-state index in [0.29, 0.717) is 11.5 Å². The van der Waals surface area contributed by atoms with Crippen molar-refractivity contribution in [3.05, 3.63) is 24.3 Å². The predicted molar refractivity (Wildman–Crippen MR) is 52.2 cm³/mol. The molecule has 0 atom stereocenters. The van der Waals surface area contributed by atoms with Gasteiger partial charge in [-0.3, -0.25) is 0 Å². The minimum atomic E-state index is -3.95. The van der Waals surface area contributed by atoms with E-state index in [2.05, 4.69) is 0 Å². The number of benzene rings is 1. The summed E-state index contributed by atoms with van der Waals surface area (Å²) in [7, 11) is 0. The van der Waals surface area contributed by atoms with Crippen LogP contribution in [0.25, 0.3) is 0 Å². The van der Waals surface area contributed by atoms with Crippen LogP contribution in [0.2, 0.25) is 0 Å². The van der Waals surface area contributed by atoms with Crippen molar-refractivity contribution in [3.63, 3.8) is 0 Å². The second kappa shape index (κ2) is 2.33. The van der Waals surface area contributed by atoms with Crippen LogP contribution in [0.5, 0.6) is 11.5 Å². The molecule has 0 N–H and O–H groups in total. The van der Waals surface area contributed by atoms with Gasteiger partial charge in [-0.25, -0.2) is 0 Å². The van der Waals surface area contributed by atoms with Crippen molar-refractivity contribution in [2.24, 2.45) is 0 Å². The average molecular weight is 245 g/mol. The molecule has 0 amide bonds. The second-order valence-corrected chi connectivity index (χ2v) is 11.1. The quantitative estimate of drug-likeness (QED) is 0.634. The molecule has 1 aromatic carbocycles. The van der Waals surface area contributed by atoms with Gasteiger partial charge in [0.1, 0.15) is 0 Å². The first-order valence-electron chi connectivity index (χ1n) is 3.10. The van der Waals surface area contributed by atoms with Gasteiger partial charge in [0.05, 0.1) is 0 Å². The van der Waals surface area contributed by atoms with Crippen LogP contribution in [0.1, 0.15) is 0 Å². The van der Waals surface area contributed by atoms with Crippen LogP contribution in [0.4, 0.5) is 0 Å². The monoisotopic (exact) mass is 244 g/mol. The maximum absolute atomic E-state index is 5.76. The van der Waals surface area contributed by atoms with Crippen molar-refractivity contribution < 1.29 is 9.05 Å². The van der Waals surface area contributed by atoms with Crippen LogP contribution in [0.15, 0.2) is 24.3 Å². The molecular weight excluding hydrogens is 241 g/mol. The Bertz CT molecular complexity index is 287. The van der Waals surface area contributed by atoms with Gasteiger partial charge < -0.3 is 0 Å². The Hall–Kier alpha value is 0.120. The van der Waals surface area contributed by atoms with E-state index in [4.69, 9.17) is 42.8 Å². The van der Waals surface area contributed by atoms with Crippen molar-refractivity contribution in [2.75, 3.05) is 0 Å². The van der Waals surface area contributed by atoms with E-state index in [1.54, 1.807) is 24.3 Å². The molecule has 0 unspecified atom stereocenters. The molecule has 0 fully saturated rings. The average Bonchev–Trinajstić information content (AvgIpc) is 2.08. The van der Waals surface area contributed by atoms with Crippen LogP contribution in [0.3, 0.4) is 0 Å². The van der Waals surface area contributed by atoms with Crippen molar-refractivity contribution in [2.45, 2.75) is 0 Å². The molecular formula is C6H4Cl3O2P. The standard InChI is InChI=1S/C6H4Cl3O2P/c7-12(8,9)10-5-1-2-6(11-12)4-3-5/h1-4H. The predicted octanol–water partition coefficient (Wildman–Crippen LogP) is 4.30. The zero-order chi connectivity index (χ0) is 8.84. The Morgan fingerprint density at radius 3 is 1.50 bits per heavy atom. The first kappa shape index (κ1) is 8.71. The first-order chi connectivity index (χ1) is 5.42. The molecule has 0 saturated carbocycles. The number of rotatable bonds is 0. The Labute approximate surface area is 83.8 Å². The summed E-state index contributed by atoms with van der Waals surface area (Å²) in [4.78, 5) is 0. The van der Waals surface area contributed by atoms with Crippen molar-refractivity contribution in [1.29, 1.82) is 0 Å². The molecule has 0 radical (unpaired) electrons. The summed E-state index contributed by atoms with van der Waals surface area (Å²) in [5.74, 6) is 1.02. The van der Waals surface area contributed by atoms with Gasteiger partial charge in [-0.05, 0) is 0 Å². The molecule has 2 nitrogen and oxygen atoms in total. The van der Waals surface area contributed by atoms with Gasteiger partial charge in [0, 0.05) is 0 Å². The third-order valence-electron chi connectivity index (χ3n) is 1.32. The fourth-order valence-electron chi connectivity index (χ4n) is 0.905. The van der Waals surface area contributed by atoms with Crippen LogP contribution >= 0.6 is 38.8 Å². The van der Waals surface area contributed by atoms with E-state index in [0.717, 1.165) is 0 Å². The zero-order valence-electron chi connectivity index (χ0n) is 5.71. The zero-order valence-corrected chi connectivity index (χ0v) is 8.87. The third kappa shape index (κ3) is 1.72. The van der Waals surface area contributed by atoms with Gasteiger partial charge in [-0.2, -0.15) is 0 Å². The summed E-state index contributed by atoms with van der Waals surface area (Å²) in [6.07, 6.45) is 0. The molecule has 0 aromatic heterocycles. The van der Waals surface area contributed by atoms with E-state index >= 15 is 0 Å². The minimum absolute atomic E-state index is 0.508. The fraction of sp³-hybridized carbons (Fsp3) is 0. The number of halogens is 3. The second-order valence-electron chi connectivity index (χ2n) is 2.33. The molecule has 2 aliphatic rings. The van der Waals surface area contributed by atoms with Crippen LogP contribution in [-0.2, 0) is 0 Å². The molecule has 12 heavy (non-hydrogen) atoms. The molecule has 1 aromatic rings. The fourth-order valence-corrected chi connectivity index (χ4v) is 3.27. The molecule has 0 spiro atoms. The molecule has 2 heterocycles. The van der Waals surface area contributed by atoms with E-state index in [-0.39, 0.29) is 0 Å². The molecule has 2 bridgehead atoms. The third-order valence-corrected chi connectivity index (χ3v) is 3.54. The van der Waals surface area contributed by atoms with Crippen molar-refractivity contribution in [3.8, 4) is 11.5 Å². The van der Waals surface area contributed by atoms with E-state index < -0.39 is 5.12 Å².